The summed E-state index contributed by atoms with van der Waals surface area (Å²) in [7, 11) is 0. The first-order valence-corrected chi connectivity index (χ1v) is 12.0. The lowest BCUT2D eigenvalue weighted by Gasteiger charge is -2.34. The zero-order valence-electron chi connectivity index (χ0n) is 20.0. The molecule has 4 rings (SSSR count). The molecule has 5 nitrogen and oxygen atoms in total. The van der Waals surface area contributed by atoms with Gasteiger partial charge in [-0.05, 0) is 61.2 Å². The molecule has 1 N–H and O–H groups in total. The minimum absolute atomic E-state index is 0. The number of carbonyl (C=O) groups is 2. The van der Waals surface area contributed by atoms with E-state index < -0.39 is 11.6 Å². The molecule has 190 valence electrons. The molecule has 1 fully saturated rings. The number of piperidine rings is 1. The van der Waals surface area contributed by atoms with Crippen LogP contribution < -0.4 is 0 Å². The van der Waals surface area contributed by atoms with Crippen molar-refractivity contribution in [2.24, 2.45) is 0 Å². The predicted molar refractivity (Wildman–Crippen MR) is 139 cm³/mol. The molecule has 0 radical (unpaired) electrons. The Kier molecular flexibility index (Phi) is 9.76. The number of Topliss-reactive ketones (excluding diaryl/α,β-unsaturated/α-hetero) is 1. The van der Waals surface area contributed by atoms with Crippen LogP contribution in [0.15, 0.2) is 84.9 Å². The van der Waals surface area contributed by atoms with Gasteiger partial charge in [0.1, 0.15) is 11.9 Å². The Morgan fingerprint density at radius 2 is 1.42 bits per heavy atom. The number of carbonyl (C=O) groups excluding carboxylic acids is 2. The van der Waals surface area contributed by atoms with Crippen LogP contribution in [0.25, 0.3) is 0 Å². The van der Waals surface area contributed by atoms with E-state index in [4.69, 9.17) is 4.74 Å². The number of rotatable bonds is 9. The molecule has 36 heavy (non-hydrogen) atoms. The molecule has 0 unspecified atom stereocenters. The van der Waals surface area contributed by atoms with E-state index in [9.17, 15) is 19.1 Å². The number of hydrogen-bond donors (Lipinski definition) is 1. The van der Waals surface area contributed by atoms with Crippen molar-refractivity contribution < 1.29 is 23.8 Å². The summed E-state index contributed by atoms with van der Waals surface area (Å²) >= 11 is 0. The van der Waals surface area contributed by atoms with E-state index in [1.807, 2.05) is 12.1 Å². The van der Waals surface area contributed by atoms with Gasteiger partial charge >= 0.3 is 5.97 Å². The topological polar surface area (TPSA) is 66.8 Å². The van der Waals surface area contributed by atoms with Crippen molar-refractivity contribution in [3.05, 3.63) is 107 Å². The summed E-state index contributed by atoms with van der Waals surface area (Å²) in [6, 6.07) is 23.4. The van der Waals surface area contributed by atoms with E-state index in [0.717, 1.165) is 19.6 Å². The molecule has 1 heterocycles. The molecule has 0 atom stereocenters. The van der Waals surface area contributed by atoms with Gasteiger partial charge < -0.3 is 14.7 Å². The lowest BCUT2D eigenvalue weighted by Crippen LogP contribution is -2.44. The third-order valence-electron chi connectivity index (χ3n) is 6.53. The van der Waals surface area contributed by atoms with E-state index in [1.165, 1.54) is 24.3 Å². The van der Waals surface area contributed by atoms with Gasteiger partial charge in [0.2, 0.25) is 5.60 Å². The van der Waals surface area contributed by atoms with Crippen molar-refractivity contribution in [3.63, 3.8) is 0 Å². The molecule has 0 aromatic heterocycles. The molecule has 3 aromatic rings. The van der Waals surface area contributed by atoms with Crippen LogP contribution in [0, 0.1) is 5.82 Å². The van der Waals surface area contributed by atoms with Gasteiger partial charge in [0.25, 0.3) is 0 Å². The number of nitrogens with zero attached hydrogens (tertiary/aromatic N) is 1. The lowest BCUT2D eigenvalue weighted by atomic mass is 9.86. The Morgan fingerprint density at radius 3 is 1.94 bits per heavy atom. The number of benzene rings is 3. The maximum atomic E-state index is 13.3. The highest BCUT2D eigenvalue weighted by molar-refractivity contribution is 5.96. The van der Waals surface area contributed by atoms with Gasteiger partial charge in [0, 0.05) is 25.1 Å². The number of hydrogen-bond acceptors (Lipinski definition) is 5. The zero-order chi connectivity index (χ0) is 24.7. The Bertz CT molecular complexity index is 1080. The second-order valence-electron chi connectivity index (χ2n) is 8.92. The molecule has 1 aliphatic heterocycles. The second-order valence-corrected chi connectivity index (χ2v) is 8.92. The largest absolute Gasteiger partial charge is 0.460 e. The highest BCUT2D eigenvalue weighted by atomic mass is 35.5. The molecule has 7 heteroatoms. The third kappa shape index (κ3) is 6.58. The normalized spacial score (nSPS) is 14.6. The van der Waals surface area contributed by atoms with Crippen LogP contribution in [0.5, 0.6) is 0 Å². The van der Waals surface area contributed by atoms with Gasteiger partial charge in [-0.25, -0.2) is 9.18 Å². The predicted octanol–water partition coefficient (Wildman–Crippen LogP) is 5.15. The molecule has 1 saturated heterocycles. The minimum atomic E-state index is -1.87. The standard InChI is InChI=1S/C29H30FNO4.ClH/c30-25-15-13-22(14-16-25)27(32)12-7-19-31-20-17-26(18-21-31)35-28(33)29(34,23-8-3-1-4-9-23)24-10-5-2-6-11-24;/h1-6,8-11,13-16,26,34H,7,12,17-21H2;1H. The molecule has 0 spiro atoms. The van der Waals surface area contributed by atoms with Crippen molar-refractivity contribution in [2.45, 2.75) is 37.4 Å². The van der Waals surface area contributed by atoms with E-state index in [2.05, 4.69) is 4.90 Å². The number of likely N-dealkylation sites (tertiary alicyclic amines) is 1. The highest BCUT2D eigenvalue weighted by Gasteiger charge is 2.42. The van der Waals surface area contributed by atoms with E-state index >= 15 is 0 Å². The Morgan fingerprint density at radius 1 is 0.889 bits per heavy atom. The smallest absolute Gasteiger partial charge is 0.347 e. The molecular weight excluding hydrogens is 481 g/mol. The van der Waals surface area contributed by atoms with Crippen LogP contribution >= 0.6 is 12.4 Å². The van der Waals surface area contributed by atoms with Crippen LogP contribution in [-0.4, -0.2) is 47.5 Å². The highest BCUT2D eigenvalue weighted by Crippen LogP contribution is 2.32. The third-order valence-corrected chi connectivity index (χ3v) is 6.53. The lowest BCUT2D eigenvalue weighted by molar-refractivity contribution is -0.170. The van der Waals surface area contributed by atoms with E-state index in [1.54, 1.807) is 48.5 Å². The fraction of sp³-hybridized carbons (Fsp3) is 0.310. The molecular formula is C29H31ClFNO4. The van der Waals surface area contributed by atoms with Gasteiger partial charge in [-0.15, -0.1) is 12.4 Å². The summed E-state index contributed by atoms with van der Waals surface area (Å²) in [4.78, 5) is 27.8. The summed E-state index contributed by atoms with van der Waals surface area (Å²) in [6.45, 7) is 2.27. The molecule has 1 aliphatic rings. The summed E-state index contributed by atoms with van der Waals surface area (Å²) in [6.07, 6.45) is 2.16. The summed E-state index contributed by atoms with van der Waals surface area (Å²) < 4.78 is 18.9. The van der Waals surface area contributed by atoms with E-state index in [0.29, 0.717) is 42.4 Å². The fourth-order valence-electron chi connectivity index (χ4n) is 4.49. The Labute approximate surface area is 217 Å². The number of ether oxygens (including phenoxy) is 1. The number of halogens is 2. The molecule has 0 saturated carbocycles. The van der Waals surface area contributed by atoms with E-state index in [-0.39, 0.29) is 30.1 Å². The molecule has 0 bridgehead atoms. The molecule has 3 aromatic carbocycles. The van der Waals surface area contributed by atoms with Crippen LogP contribution in [0.1, 0.15) is 47.2 Å². The fourth-order valence-corrected chi connectivity index (χ4v) is 4.49. The summed E-state index contributed by atoms with van der Waals surface area (Å²) in [5.74, 6) is -1.01. The first kappa shape index (κ1) is 27.5. The van der Waals surface area contributed by atoms with Crippen molar-refractivity contribution in [2.75, 3.05) is 19.6 Å². The minimum Gasteiger partial charge on any atom is -0.460 e. The average molecular weight is 512 g/mol. The first-order chi connectivity index (χ1) is 17.0. The van der Waals surface area contributed by atoms with Crippen molar-refractivity contribution in [1.29, 1.82) is 0 Å². The Hall–Kier alpha value is -3.06. The zero-order valence-corrected chi connectivity index (χ0v) is 20.8. The number of ketones is 1. The number of esters is 1. The maximum Gasteiger partial charge on any atom is 0.347 e. The van der Waals surface area contributed by atoms with Crippen LogP contribution in [-0.2, 0) is 15.1 Å². The van der Waals surface area contributed by atoms with Crippen molar-refractivity contribution >= 4 is 24.2 Å². The van der Waals surface area contributed by atoms with Crippen LogP contribution in [0.2, 0.25) is 0 Å². The quantitative estimate of drug-likeness (QED) is 0.318. The Balaban J connectivity index is 0.00000361. The maximum absolute atomic E-state index is 13.3. The van der Waals surface area contributed by atoms with Crippen molar-refractivity contribution in [3.8, 4) is 0 Å². The number of aliphatic hydroxyl groups is 1. The molecule has 0 amide bonds. The first-order valence-electron chi connectivity index (χ1n) is 12.0. The SMILES string of the molecule is Cl.O=C(CCCN1CCC(OC(=O)C(O)(c2ccccc2)c2ccccc2)CC1)c1ccc(F)cc1. The van der Waals surface area contributed by atoms with Crippen LogP contribution in [0.4, 0.5) is 4.39 Å². The average Bonchev–Trinajstić information content (AvgIpc) is 2.90. The summed E-state index contributed by atoms with van der Waals surface area (Å²) in [5, 5.41) is 11.5. The molecule has 0 aliphatic carbocycles. The van der Waals surface area contributed by atoms with Crippen molar-refractivity contribution in [1.82, 2.24) is 4.90 Å². The summed E-state index contributed by atoms with van der Waals surface area (Å²) in [5.41, 5.74) is -0.402. The van der Waals surface area contributed by atoms with Gasteiger partial charge in [-0.1, -0.05) is 60.7 Å². The van der Waals surface area contributed by atoms with Crippen LogP contribution in [0.3, 0.4) is 0 Å². The van der Waals surface area contributed by atoms with Gasteiger partial charge in [0.05, 0.1) is 0 Å². The monoisotopic (exact) mass is 511 g/mol. The van der Waals surface area contributed by atoms with Gasteiger partial charge in [0.15, 0.2) is 5.78 Å². The second kappa shape index (κ2) is 12.8. The van der Waals surface area contributed by atoms with Gasteiger partial charge in [-0.3, -0.25) is 4.79 Å². The van der Waals surface area contributed by atoms with Gasteiger partial charge in [-0.2, -0.15) is 0 Å².